The van der Waals surface area contributed by atoms with E-state index < -0.39 is 10.0 Å². The van der Waals surface area contributed by atoms with Crippen molar-refractivity contribution in [3.63, 3.8) is 0 Å². The van der Waals surface area contributed by atoms with Gasteiger partial charge in [0.15, 0.2) is 6.61 Å². The van der Waals surface area contributed by atoms with E-state index in [1.54, 1.807) is 6.07 Å². The Balaban J connectivity index is 1.47. The minimum atomic E-state index is -3.62. The first kappa shape index (κ1) is 22.6. The Kier molecular flexibility index (Phi) is 7.01. The van der Waals surface area contributed by atoms with Crippen molar-refractivity contribution in [3.8, 4) is 11.5 Å². The molecule has 0 spiro atoms. The van der Waals surface area contributed by atoms with Crippen LogP contribution in [0.15, 0.2) is 41.3 Å². The van der Waals surface area contributed by atoms with Crippen molar-refractivity contribution >= 4 is 21.6 Å². The average molecular weight is 459 g/mol. The van der Waals surface area contributed by atoms with Crippen LogP contribution in [0.5, 0.6) is 11.5 Å². The molecule has 2 aliphatic rings. The van der Waals surface area contributed by atoms with E-state index in [0.29, 0.717) is 24.5 Å². The highest BCUT2D eigenvalue weighted by Crippen LogP contribution is 2.31. The number of ether oxygens (including phenoxy) is 2. The van der Waals surface area contributed by atoms with E-state index in [9.17, 15) is 13.2 Å². The minimum Gasteiger partial charge on any atom is -0.495 e. The Labute approximate surface area is 189 Å². The van der Waals surface area contributed by atoms with Crippen molar-refractivity contribution in [2.45, 2.75) is 49.8 Å². The molecule has 7 nitrogen and oxygen atoms in total. The number of anilines is 1. The molecule has 2 aromatic rings. The Morgan fingerprint density at radius 2 is 1.78 bits per heavy atom. The Bertz CT molecular complexity index is 1080. The molecule has 0 unspecified atom stereocenters. The number of methoxy groups -OCH3 is 1. The lowest BCUT2D eigenvalue weighted by molar-refractivity contribution is -0.118. The van der Waals surface area contributed by atoms with Crippen LogP contribution in [-0.2, 0) is 27.7 Å². The third kappa shape index (κ3) is 4.91. The van der Waals surface area contributed by atoms with Gasteiger partial charge in [-0.25, -0.2) is 8.42 Å². The van der Waals surface area contributed by atoms with E-state index in [2.05, 4.69) is 11.4 Å². The zero-order valence-electron chi connectivity index (χ0n) is 18.4. The van der Waals surface area contributed by atoms with Crippen molar-refractivity contribution < 1.29 is 22.7 Å². The molecule has 172 valence electrons. The second kappa shape index (κ2) is 9.92. The van der Waals surface area contributed by atoms with Crippen LogP contribution in [0.4, 0.5) is 5.69 Å². The van der Waals surface area contributed by atoms with Crippen molar-refractivity contribution in [1.29, 1.82) is 0 Å². The van der Waals surface area contributed by atoms with Gasteiger partial charge in [-0.15, -0.1) is 0 Å². The third-order valence-electron chi connectivity index (χ3n) is 6.11. The topological polar surface area (TPSA) is 84.9 Å². The van der Waals surface area contributed by atoms with Crippen molar-refractivity contribution in [2.75, 3.05) is 32.1 Å². The fraction of sp³-hybridized carbons (Fsp3) is 0.458. The standard InChI is InChI=1S/C24H30N2O5S/c1-30-23-13-12-19(32(28,29)26-14-5-2-6-15-26)16-21(23)25-24(27)17-31-22-11-7-9-18-8-3-4-10-20(18)22/h7,9,11-13,16H,2-6,8,10,14-15,17H2,1H3,(H,25,27). The summed E-state index contributed by atoms with van der Waals surface area (Å²) in [5, 5.41) is 2.76. The van der Waals surface area contributed by atoms with Crippen molar-refractivity contribution in [3.05, 3.63) is 47.5 Å². The molecule has 0 aromatic heterocycles. The molecule has 1 fully saturated rings. The lowest BCUT2D eigenvalue weighted by atomic mass is 9.91. The van der Waals surface area contributed by atoms with E-state index in [1.165, 1.54) is 41.1 Å². The predicted octanol–water partition coefficient (Wildman–Crippen LogP) is 3.77. The van der Waals surface area contributed by atoms with Gasteiger partial charge in [-0.1, -0.05) is 18.6 Å². The number of piperidine rings is 1. The number of amides is 1. The van der Waals surface area contributed by atoms with Crippen molar-refractivity contribution in [2.24, 2.45) is 0 Å². The fourth-order valence-electron chi connectivity index (χ4n) is 4.41. The first-order chi connectivity index (χ1) is 15.5. The van der Waals surface area contributed by atoms with Gasteiger partial charge in [0, 0.05) is 13.1 Å². The Hall–Kier alpha value is -2.58. The number of hydrogen-bond acceptors (Lipinski definition) is 5. The van der Waals surface area contributed by atoms with Crippen LogP contribution in [-0.4, -0.2) is 45.4 Å². The molecule has 0 bridgehead atoms. The van der Waals surface area contributed by atoms with Gasteiger partial charge in [-0.2, -0.15) is 4.31 Å². The fourth-order valence-corrected chi connectivity index (χ4v) is 5.95. The molecule has 0 saturated carbocycles. The van der Waals surface area contributed by atoms with Crippen LogP contribution in [0.2, 0.25) is 0 Å². The number of fused-ring (bicyclic) bond motifs is 1. The minimum absolute atomic E-state index is 0.147. The summed E-state index contributed by atoms with van der Waals surface area (Å²) in [7, 11) is -2.13. The lowest BCUT2D eigenvalue weighted by Crippen LogP contribution is -2.35. The first-order valence-corrected chi connectivity index (χ1v) is 12.6. The van der Waals surface area contributed by atoms with Gasteiger partial charge in [0.25, 0.3) is 5.91 Å². The summed E-state index contributed by atoms with van der Waals surface area (Å²) >= 11 is 0. The molecule has 0 atom stereocenters. The van der Waals surface area contributed by atoms with Gasteiger partial charge in [0.2, 0.25) is 10.0 Å². The summed E-state index contributed by atoms with van der Waals surface area (Å²) in [5.74, 6) is 0.767. The van der Waals surface area contributed by atoms with Gasteiger partial charge in [-0.3, -0.25) is 4.79 Å². The van der Waals surface area contributed by atoms with Crippen LogP contribution in [0, 0.1) is 0 Å². The summed E-state index contributed by atoms with van der Waals surface area (Å²) in [6.45, 7) is 0.874. The average Bonchev–Trinajstić information content (AvgIpc) is 2.83. The highest BCUT2D eigenvalue weighted by Gasteiger charge is 2.27. The first-order valence-electron chi connectivity index (χ1n) is 11.2. The monoisotopic (exact) mass is 458 g/mol. The number of carbonyl (C=O) groups excluding carboxylic acids is 1. The predicted molar refractivity (Wildman–Crippen MR) is 123 cm³/mol. The van der Waals surface area contributed by atoms with Gasteiger partial charge in [-0.05, 0) is 73.9 Å². The van der Waals surface area contributed by atoms with E-state index in [-0.39, 0.29) is 17.4 Å². The maximum atomic E-state index is 13.0. The molecule has 32 heavy (non-hydrogen) atoms. The van der Waals surface area contributed by atoms with Crippen molar-refractivity contribution in [1.82, 2.24) is 4.31 Å². The number of hydrogen-bond donors (Lipinski definition) is 1. The van der Waals surface area contributed by atoms with E-state index >= 15 is 0 Å². The Morgan fingerprint density at radius 1 is 1.00 bits per heavy atom. The Morgan fingerprint density at radius 3 is 2.56 bits per heavy atom. The van der Waals surface area contributed by atoms with E-state index in [0.717, 1.165) is 44.3 Å². The maximum Gasteiger partial charge on any atom is 0.262 e. The highest BCUT2D eigenvalue weighted by molar-refractivity contribution is 7.89. The highest BCUT2D eigenvalue weighted by atomic mass is 32.2. The molecule has 1 aliphatic heterocycles. The smallest absolute Gasteiger partial charge is 0.262 e. The number of carbonyl (C=O) groups is 1. The zero-order valence-corrected chi connectivity index (χ0v) is 19.2. The summed E-state index contributed by atoms with van der Waals surface area (Å²) in [6, 6.07) is 10.5. The molecule has 1 heterocycles. The molecule has 1 N–H and O–H groups in total. The number of rotatable bonds is 7. The normalized spacial score (nSPS) is 16.8. The SMILES string of the molecule is COc1ccc(S(=O)(=O)N2CCCCC2)cc1NC(=O)COc1cccc2c1CCCC2. The van der Waals surface area contributed by atoms with Gasteiger partial charge in [0.05, 0.1) is 17.7 Å². The number of nitrogens with one attached hydrogen (secondary N) is 1. The number of nitrogens with zero attached hydrogens (tertiary/aromatic N) is 1. The van der Waals surface area contributed by atoms with Gasteiger partial charge >= 0.3 is 0 Å². The van der Waals surface area contributed by atoms with E-state index in [1.807, 2.05) is 12.1 Å². The van der Waals surface area contributed by atoms with Crippen LogP contribution in [0.3, 0.4) is 0 Å². The van der Waals surface area contributed by atoms with Crippen LogP contribution in [0.1, 0.15) is 43.2 Å². The zero-order chi connectivity index (χ0) is 22.6. The van der Waals surface area contributed by atoms with Crippen LogP contribution in [0.25, 0.3) is 0 Å². The third-order valence-corrected chi connectivity index (χ3v) is 8.00. The molecule has 8 heteroatoms. The quantitative estimate of drug-likeness (QED) is 0.683. The van der Waals surface area contributed by atoms with Crippen LogP contribution >= 0.6 is 0 Å². The molecular formula is C24H30N2O5S. The molecule has 1 amide bonds. The molecule has 4 rings (SSSR count). The second-order valence-corrected chi connectivity index (χ2v) is 10.2. The summed E-state index contributed by atoms with van der Waals surface area (Å²) < 4.78 is 38.7. The number of sulfonamides is 1. The molecule has 0 radical (unpaired) electrons. The largest absolute Gasteiger partial charge is 0.495 e. The number of aryl methyl sites for hydroxylation is 1. The van der Waals surface area contributed by atoms with Crippen LogP contribution < -0.4 is 14.8 Å². The molecular weight excluding hydrogens is 428 g/mol. The second-order valence-electron chi connectivity index (χ2n) is 8.26. The van der Waals surface area contributed by atoms with E-state index in [4.69, 9.17) is 9.47 Å². The number of benzene rings is 2. The van der Waals surface area contributed by atoms with Gasteiger partial charge < -0.3 is 14.8 Å². The summed E-state index contributed by atoms with van der Waals surface area (Å²) in [6.07, 6.45) is 7.05. The lowest BCUT2D eigenvalue weighted by Gasteiger charge is -2.26. The molecule has 1 aliphatic carbocycles. The van der Waals surface area contributed by atoms with Gasteiger partial charge in [0.1, 0.15) is 11.5 Å². The molecule has 2 aromatic carbocycles. The molecule has 1 saturated heterocycles. The maximum absolute atomic E-state index is 13.0. The summed E-state index contributed by atoms with van der Waals surface area (Å²) in [5.41, 5.74) is 2.78. The summed E-state index contributed by atoms with van der Waals surface area (Å²) in [4.78, 5) is 12.8.